The summed E-state index contributed by atoms with van der Waals surface area (Å²) < 4.78 is 10.4. The number of hydrogen-bond acceptors (Lipinski definition) is 5. The highest BCUT2D eigenvalue weighted by Gasteiger charge is 2.16. The van der Waals surface area contributed by atoms with Crippen LogP contribution in [-0.2, 0) is 4.74 Å². The number of pyridine rings is 1. The van der Waals surface area contributed by atoms with Gasteiger partial charge in [0.25, 0.3) is 0 Å². The van der Waals surface area contributed by atoms with Crippen LogP contribution in [0.3, 0.4) is 0 Å². The number of allylic oxidation sites excluding steroid dienone is 1. The summed E-state index contributed by atoms with van der Waals surface area (Å²) in [5, 5.41) is 3.60. The first-order valence-corrected chi connectivity index (χ1v) is 9.51. The van der Waals surface area contributed by atoms with E-state index >= 15 is 0 Å². The molecule has 0 fully saturated rings. The minimum atomic E-state index is -0.576. The number of ether oxygens (including phenoxy) is 2. The van der Waals surface area contributed by atoms with Gasteiger partial charge in [-0.3, -0.25) is 10.1 Å². The maximum absolute atomic E-state index is 12.4. The van der Waals surface area contributed by atoms with Crippen molar-refractivity contribution in [3.05, 3.63) is 71.9 Å². The third-order valence-electron chi connectivity index (χ3n) is 4.14. The summed E-state index contributed by atoms with van der Waals surface area (Å²) in [4.78, 5) is 28.8. The zero-order chi connectivity index (χ0) is 21.7. The van der Waals surface area contributed by atoms with Crippen molar-refractivity contribution in [2.24, 2.45) is 0 Å². The Labute approximate surface area is 175 Å². The van der Waals surface area contributed by atoms with Gasteiger partial charge in [0.05, 0.1) is 18.3 Å². The molecule has 1 aromatic heterocycles. The number of carbonyl (C=O) groups is 2. The lowest BCUT2D eigenvalue weighted by atomic mass is 10.1. The van der Waals surface area contributed by atoms with Crippen molar-refractivity contribution in [3.8, 4) is 5.75 Å². The van der Waals surface area contributed by atoms with Crippen LogP contribution in [0.5, 0.6) is 5.75 Å². The lowest BCUT2D eigenvalue weighted by molar-refractivity contribution is 0.0636. The summed E-state index contributed by atoms with van der Waals surface area (Å²) in [6.07, 6.45) is 2.62. The maximum Gasteiger partial charge on any atom is 0.412 e. The Morgan fingerprint density at radius 1 is 1.00 bits per heavy atom. The molecular weight excluding hydrogens is 380 g/mol. The van der Waals surface area contributed by atoms with Gasteiger partial charge in [-0.05, 0) is 81.5 Å². The van der Waals surface area contributed by atoms with Gasteiger partial charge in [0.2, 0.25) is 0 Å². The third kappa shape index (κ3) is 5.67. The van der Waals surface area contributed by atoms with Crippen LogP contribution in [-0.4, -0.2) is 29.6 Å². The molecule has 0 saturated carbocycles. The normalized spacial score (nSPS) is 11.5. The molecule has 2 aromatic carbocycles. The average Bonchev–Trinajstić information content (AvgIpc) is 2.70. The van der Waals surface area contributed by atoms with Crippen molar-refractivity contribution in [3.63, 3.8) is 0 Å². The molecule has 0 aliphatic rings. The van der Waals surface area contributed by atoms with Gasteiger partial charge in [0.15, 0.2) is 5.78 Å². The number of rotatable bonds is 5. The monoisotopic (exact) mass is 404 g/mol. The fourth-order valence-corrected chi connectivity index (χ4v) is 2.74. The Hall–Kier alpha value is -3.67. The number of amides is 1. The number of ketones is 1. The molecule has 154 valence electrons. The van der Waals surface area contributed by atoms with Gasteiger partial charge in [-0.1, -0.05) is 6.07 Å². The number of nitrogens with zero attached hydrogens (tertiary/aromatic N) is 1. The summed E-state index contributed by atoms with van der Waals surface area (Å²) in [6, 6.07) is 16.0. The van der Waals surface area contributed by atoms with E-state index in [4.69, 9.17) is 9.47 Å². The zero-order valence-electron chi connectivity index (χ0n) is 17.4. The highest BCUT2D eigenvalue weighted by atomic mass is 16.6. The third-order valence-corrected chi connectivity index (χ3v) is 4.14. The number of hydrogen-bond donors (Lipinski definition) is 1. The summed E-state index contributed by atoms with van der Waals surface area (Å²) in [5.41, 5.74) is 1.99. The Bertz CT molecular complexity index is 1100. The molecule has 0 unspecified atom stereocenters. The largest absolute Gasteiger partial charge is 0.497 e. The topological polar surface area (TPSA) is 77.5 Å². The van der Waals surface area contributed by atoms with E-state index in [0.29, 0.717) is 16.9 Å². The number of benzene rings is 2. The van der Waals surface area contributed by atoms with Gasteiger partial charge in [-0.15, -0.1) is 0 Å². The second kappa shape index (κ2) is 8.78. The van der Waals surface area contributed by atoms with Gasteiger partial charge in [0, 0.05) is 16.6 Å². The van der Waals surface area contributed by atoms with Crippen LogP contribution in [0.1, 0.15) is 36.8 Å². The molecule has 3 rings (SSSR count). The van der Waals surface area contributed by atoms with Crippen LogP contribution in [0.25, 0.3) is 17.0 Å². The molecule has 0 bridgehead atoms. The van der Waals surface area contributed by atoms with E-state index in [1.165, 1.54) is 6.08 Å². The van der Waals surface area contributed by atoms with Crippen molar-refractivity contribution in [1.82, 2.24) is 4.98 Å². The Balaban J connectivity index is 1.66. The fourth-order valence-electron chi connectivity index (χ4n) is 2.74. The van der Waals surface area contributed by atoms with E-state index in [1.807, 2.05) is 30.3 Å². The lowest BCUT2D eigenvalue weighted by Gasteiger charge is -2.19. The van der Waals surface area contributed by atoms with Crippen LogP contribution >= 0.6 is 0 Å². The van der Waals surface area contributed by atoms with E-state index in [1.54, 1.807) is 58.2 Å². The number of methoxy groups -OCH3 is 1. The van der Waals surface area contributed by atoms with E-state index in [2.05, 4.69) is 10.3 Å². The van der Waals surface area contributed by atoms with Gasteiger partial charge in [-0.2, -0.15) is 0 Å². The molecule has 0 atom stereocenters. The molecule has 0 saturated heterocycles. The van der Waals surface area contributed by atoms with Gasteiger partial charge in [0.1, 0.15) is 11.4 Å². The Morgan fingerprint density at radius 2 is 1.73 bits per heavy atom. The number of anilines is 1. The Morgan fingerprint density at radius 3 is 2.40 bits per heavy atom. The molecule has 1 N–H and O–H groups in total. The van der Waals surface area contributed by atoms with Crippen molar-refractivity contribution < 1.29 is 19.1 Å². The maximum atomic E-state index is 12.4. The summed E-state index contributed by atoms with van der Waals surface area (Å²) in [6.45, 7) is 5.38. The molecule has 0 aliphatic heterocycles. The highest BCUT2D eigenvalue weighted by molar-refractivity contribution is 6.07. The molecule has 0 spiro atoms. The SMILES string of the molecule is COc1ccc2nc(/C=C/C(=O)c3ccc(NC(=O)OC(C)(C)C)cc3)ccc2c1. The lowest BCUT2D eigenvalue weighted by Crippen LogP contribution is -2.27. The molecule has 3 aromatic rings. The molecule has 0 radical (unpaired) electrons. The van der Waals surface area contributed by atoms with Crippen LogP contribution in [0.4, 0.5) is 10.5 Å². The minimum Gasteiger partial charge on any atom is -0.497 e. The minimum absolute atomic E-state index is 0.157. The van der Waals surface area contributed by atoms with Crippen molar-refractivity contribution in [2.75, 3.05) is 12.4 Å². The van der Waals surface area contributed by atoms with E-state index in [-0.39, 0.29) is 5.78 Å². The second-order valence-corrected chi connectivity index (χ2v) is 7.70. The van der Waals surface area contributed by atoms with Crippen molar-refractivity contribution in [1.29, 1.82) is 0 Å². The molecule has 6 nitrogen and oxygen atoms in total. The van der Waals surface area contributed by atoms with E-state index in [0.717, 1.165) is 16.7 Å². The van der Waals surface area contributed by atoms with Crippen molar-refractivity contribution >= 4 is 34.5 Å². The fraction of sp³-hybridized carbons (Fsp3) is 0.208. The van der Waals surface area contributed by atoms with Crippen LogP contribution in [0.15, 0.2) is 60.7 Å². The molecule has 0 aliphatic carbocycles. The first kappa shape index (κ1) is 21.0. The molecule has 1 amide bonds. The summed E-state index contributed by atoms with van der Waals surface area (Å²) >= 11 is 0. The first-order valence-electron chi connectivity index (χ1n) is 9.51. The summed E-state index contributed by atoms with van der Waals surface area (Å²) in [7, 11) is 1.62. The van der Waals surface area contributed by atoms with Gasteiger partial charge in [-0.25, -0.2) is 9.78 Å². The molecule has 30 heavy (non-hydrogen) atoms. The van der Waals surface area contributed by atoms with Crippen LogP contribution < -0.4 is 10.1 Å². The predicted octanol–water partition coefficient (Wildman–Crippen LogP) is 5.49. The van der Waals surface area contributed by atoms with E-state index in [9.17, 15) is 9.59 Å². The number of nitrogens with one attached hydrogen (secondary N) is 1. The standard InChI is InChI=1S/C24H24N2O4/c1-24(2,3)30-23(28)26-19-8-5-16(6-9-19)22(27)14-11-18-10-7-17-15-20(29-4)12-13-21(17)25-18/h5-15H,1-4H3,(H,26,28)/b14-11+. The average molecular weight is 404 g/mol. The molecule has 1 heterocycles. The van der Waals surface area contributed by atoms with Gasteiger partial charge >= 0.3 is 6.09 Å². The predicted molar refractivity (Wildman–Crippen MR) is 118 cm³/mol. The zero-order valence-corrected chi connectivity index (χ0v) is 17.4. The smallest absolute Gasteiger partial charge is 0.412 e. The van der Waals surface area contributed by atoms with E-state index < -0.39 is 11.7 Å². The van der Waals surface area contributed by atoms with Crippen molar-refractivity contribution in [2.45, 2.75) is 26.4 Å². The first-order chi connectivity index (χ1) is 14.2. The van der Waals surface area contributed by atoms with Crippen LogP contribution in [0.2, 0.25) is 0 Å². The Kier molecular flexibility index (Phi) is 6.16. The number of fused-ring (bicyclic) bond motifs is 1. The number of carbonyl (C=O) groups excluding carboxylic acids is 2. The molecular formula is C24H24N2O4. The van der Waals surface area contributed by atoms with Crippen LogP contribution in [0, 0.1) is 0 Å². The van der Waals surface area contributed by atoms with Gasteiger partial charge < -0.3 is 9.47 Å². The second-order valence-electron chi connectivity index (χ2n) is 7.70. The summed E-state index contributed by atoms with van der Waals surface area (Å²) in [5.74, 6) is 0.614. The number of aromatic nitrogens is 1. The quantitative estimate of drug-likeness (QED) is 0.450. The highest BCUT2D eigenvalue weighted by Crippen LogP contribution is 2.20. The molecule has 6 heteroatoms.